The summed E-state index contributed by atoms with van der Waals surface area (Å²) in [4.78, 5) is 49.5. The largest absolute Gasteiger partial charge is 0.355 e. The van der Waals surface area contributed by atoms with Gasteiger partial charge in [0.25, 0.3) is 0 Å². The molecule has 2 N–H and O–H groups in total. The number of carbonyl (C=O) groups is 4. The summed E-state index contributed by atoms with van der Waals surface area (Å²) >= 11 is 1.24. The molecule has 0 spiro atoms. The van der Waals surface area contributed by atoms with Crippen molar-refractivity contribution < 1.29 is 19.2 Å². The summed E-state index contributed by atoms with van der Waals surface area (Å²) in [7, 11) is 0. The van der Waals surface area contributed by atoms with Crippen LogP contribution in [0.2, 0.25) is 0 Å². The number of amides is 4. The predicted octanol–water partition coefficient (Wildman–Crippen LogP) is 1.54. The van der Waals surface area contributed by atoms with Crippen LogP contribution in [0.4, 0.5) is 0 Å². The van der Waals surface area contributed by atoms with Crippen LogP contribution in [0.15, 0.2) is 30.3 Å². The molecule has 0 bridgehead atoms. The Morgan fingerprint density at radius 3 is 2.45 bits per heavy atom. The average molecular weight is 420 g/mol. The fourth-order valence-corrected chi connectivity index (χ4v) is 3.62. The molecular weight excluding hydrogens is 390 g/mol. The first-order valence-electron chi connectivity index (χ1n) is 9.92. The zero-order chi connectivity index (χ0) is 21.2. The molecule has 1 fully saturated rings. The van der Waals surface area contributed by atoms with Gasteiger partial charge in [0.1, 0.15) is 0 Å². The van der Waals surface area contributed by atoms with Gasteiger partial charge in [-0.25, -0.2) is 0 Å². The number of rotatable bonds is 11. The van der Waals surface area contributed by atoms with E-state index in [1.807, 2.05) is 30.3 Å². The number of carbonyl (C=O) groups excluding carboxylic acids is 4. The van der Waals surface area contributed by atoms with Gasteiger partial charge in [-0.3, -0.25) is 24.1 Å². The van der Waals surface area contributed by atoms with Crippen molar-refractivity contribution in [1.82, 2.24) is 15.5 Å². The Morgan fingerprint density at radius 1 is 1.14 bits per heavy atom. The maximum Gasteiger partial charge on any atom is 0.237 e. The Hall–Kier alpha value is -2.35. The van der Waals surface area contributed by atoms with Crippen molar-refractivity contribution in [3.05, 3.63) is 35.9 Å². The zero-order valence-electron chi connectivity index (χ0n) is 17.0. The first kappa shape index (κ1) is 22.9. The van der Waals surface area contributed by atoms with E-state index in [0.29, 0.717) is 12.5 Å². The van der Waals surface area contributed by atoms with E-state index in [9.17, 15) is 19.2 Å². The lowest BCUT2D eigenvalue weighted by atomic mass is 9.98. The smallest absolute Gasteiger partial charge is 0.237 e. The first-order chi connectivity index (χ1) is 13.9. The Balaban J connectivity index is 1.65. The second kappa shape index (κ2) is 11.6. The van der Waals surface area contributed by atoms with Crippen LogP contribution in [0.1, 0.15) is 38.2 Å². The van der Waals surface area contributed by atoms with Gasteiger partial charge in [-0.2, -0.15) is 0 Å². The molecule has 158 valence electrons. The molecular formula is C21H29N3O4S. The molecule has 2 atom stereocenters. The third-order valence-electron chi connectivity index (χ3n) is 4.91. The van der Waals surface area contributed by atoms with E-state index in [-0.39, 0.29) is 54.6 Å². The van der Waals surface area contributed by atoms with Crippen molar-refractivity contribution in [3.63, 3.8) is 0 Å². The summed E-state index contributed by atoms with van der Waals surface area (Å²) in [5.41, 5.74) is 0.834. The second-order valence-corrected chi connectivity index (χ2v) is 8.20. The quantitative estimate of drug-likeness (QED) is 0.531. The molecule has 1 saturated heterocycles. The average Bonchev–Trinajstić information content (AvgIpc) is 3.00. The minimum Gasteiger partial charge on any atom is -0.355 e. The Labute approximate surface area is 176 Å². The van der Waals surface area contributed by atoms with Crippen molar-refractivity contribution in [2.45, 2.75) is 32.6 Å². The summed E-state index contributed by atoms with van der Waals surface area (Å²) in [6.45, 7) is 5.15. The maximum absolute atomic E-state index is 12.5. The van der Waals surface area contributed by atoms with Crippen molar-refractivity contribution in [3.8, 4) is 0 Å². The van der Waals surface area contributed by atoms with Gasteiger partial charge in [0.15, 0.2) is 0 Å². The number of nitrogens with zero attached hydrogens (tertiary/aromatic N) is 1. The fraction of sp³-hybridized carbons (Fsp3) is 0.524. The normalized spacial score (nSPS) is 17.3. The minimum absolute atomic E-state index is 0.0803. The van der Waals surface area contributed by atoms with E-state index in [1.54, 1.807) is 0 Å². The molecule has 1 aliphatic heterocycles. The number of hydrogen-bond donors (Lipinski definition) is 2. The highest BCUT2D eigenvalue weighted by atomic mass is 32.2. The number of nitrogens with one attached hydrogen (secondary N) is 2. The van der Waals surface area contributed by atoms with Gasteiger partial charge in [0.05, 0.1) is 17.4 Å². The SMILES string of the molecule is CCC(C)CNC(=O)CSCC(=O)NCCN1C(=O)CC(c2ccccc2)C1=O. The van der Waals surface area contributed by atoms with E-state index in [0.717, 1.165) is 12.0 Å². The van der Waals surface area contributed by atoms with Gasteiger partial charge in [-0.15, -0.1) is 11.8 Å². The van der Waals surface area contributed by atoms with Gasteiger partial charge < -0.3 is 10.6 Å². The van der Waals surface area contributed by atoms with Crippen LogP contribution in [0.25, 0.3) is 0 Å². The molecule has 0 radical (unpaired) electrons. The van der Waals surface area contributed by atoms with Crippen LogP contribution < -0.4 is 10.6 Å². The number of hydrogen-bond acceptors (Lipinski definition) is 5. The van der Waals surface area contributed by atoms with Crippen molar-refractivity contribution >= 4 is 35.4 Å². The molecule has 2 rings (SSSR count). The van der Waals surface area contributed by atoms with E-state index in [4.69, 9.17) is 0 Å². The zero-order valence-corrected chi connectivity index (χ0v) is 17.8. The molecule has 1 aromatic rings. The van der Waals surface area contributed by atoms with Gasteiger partial charge in [0.2, 0.25) is 23.6 Å². The summed E-state index contributed by atoms with van der Waals surface area (Å²) in [5, 5.41) is 5.54. The molecule has 29 heavy (non-hydrogen) atoms. The van der Waals surface area contributed by atoms with Crippen molar-refractivity contribution in [2.75, 3.05) is 31.1 Å². The second-order valence-electron chi connectivity index (χ2n) is 7.21. The minimum atomic E-state index is -0.441. The molecule has 8 heteroatoms. The van der Waals surface area contributed by atoms with Gasteiger partial charge in [-0.1, -0.05) is 50.6 Å². The summed E-state index contributed by atoms with van der Waals surface area (Å²) in [6, 6.07) is 9.25. The lowest BCUT2D eigenvalue weighted by Gasteiger charge is -2.15. The molecule has 0 aliphatic carbocycles. The van der Waals surface area contributed by atoms with Crippen LogP contribution >= 0.6 is 11.8 Å². The molecule has 0 saturated carbocycles. The molecule has 4 amide bonds. The number of thioether (sulfide) groups is 1. The van der Waals surface area contributed by atoms with Gasteiger partial charge in [-0.05, 0) is 11.5 Å². The molecule has 1 aliphatic rings. The van der Waals surface area contributed by atoms with Crippen LogP contribution in [-0.2, 0) is 19.2 Å². The van der Waals surface area contributed by atoms with Gasteiger partial charge >= 0.3 is 0 Å². The monoisotopic (exact) mass is 419 g/mol. The molecule has 2 unspecified atom stereocenters. The van der Waals surface area contributed by atoms with Gasteiger partial charge in [0, 0.05) is 26.1 Å². The van der Waals surface area contributed by atoms with Crippen LogP contribution in [0, 0.1) is 5.92 Å². The van der Waals surface area contributed by atoms with E-state index in [1.165, 1.54) is 16.7 Å². The number of imide groups is 1. The van der Waals surface area contributed by atoms with Crippen molar-refractivity contribution in [1.29, 1.82) is 0 Å². The lowest BCUT2D eigenvalue weighted by Crippen LogP contribution is -2.39. The maximum atomic E-state index is 12.5. The Morgan fingerprint density at radius 2 is 1.79 bits per heavy atom. The highest BCUT2D eigenvalue weighted by Gasteiger charge is 2.38. The highest BCUT2D eigenvalue weighted by molar-refractivity contribution is 8.00. The third kappa shape index (κ3) is 7.20. The number of benzene rings is 1. The summed E-state index contributed by atoms with van der Waals surface area (Å²) < 4.78 is 0. The van der Waals surface area contributed by atoms with Crippen LogP contribution in [-0.4, -0.2) is 59.7 Å². The standard InChI is InChI=1S/C21H29N3O4S/c1-3-15(2)12-23-19(26)14-29-13-18(25)22-9-10-24-20(27)11-17(21(24)28)16-7-5-4-6-8-16/h4-8,15,17H,3,9-14H2,1-2H3,(H,22,25)(H,23,26). The summed E-state index contributed by atoms with van der Waals surface area (Å²) in [5.74, 6) is -0.356. The fourth-order valence-electron chi connectivity index (χ4n) is 2.94. The predicted molar refractivity (Wildman–Crippen MR) is 113 cm³/mol. The van der Waals surface area contributed by atoms with Crippen LogP contribution in [0.3, 0.4) is 0 Å². The highest BCUT2D eigenvalue weighted by Crippen LogP contribution is 2.29. The van der Waals surface area contributed by atoms with E-state index >= 15 is 0 Å². The topological polar surface area (TPSA) is 95.6 Å². The lowest BCUT2D eigenvalue weighted by molar-refractivity contribution is -0.139. The molecule has 7 nitrogen and oxygen atoms in total. The Bertz CT molecular complexity index is 726. The third-order valence-corrected chi connectivity index (χ3v) is 5.85. The first-order valence-corrected chi connectivity index (χ1v) is 11.1. The Kier molecular flexibility index (Phi) is 9.18. The van der Waals surface area contributed by atoms with E-state index in [2.05, 4.69) is 24.5 Å². The van der Waals surface area contributed by atoms with E-state index < -0.39 is 5.92 Å². The molecule has 0 aromatic heterocycles. The van der Waals surface area contributed by atoms with Crippen LogP contribution in [0.5, 0.6) is 0 Å². The number of likely N-dealkylation sites (tertiary alicyclic amines) is 1. The van der Waals surface area contributed by atoms with Crippen molar-refractivity contribution in [2.24, 2.45) is 5.92 Å². The molecule has 1 heterocycles. The summed E-state index contributed by atoms with van der Waals surface area (Å²) in [6.07, 6.45) is 1.17. The molecule has 1 aromatic carbocycles.